The van der Waals surface area contributed by atoms with Crippen molar-refractivity contribution in [1.29, 1.82) is 0 Å². The summed E-state index contributed by atoms with van der Waals surface area (Å²) in [5.41, 5.74) is 4.64. The molecule has 0 aliphatic carbocycles. The van der Waals surface area contributed by atoms with E-state index in [1.54, 1.807) is 0 Å². The van der Waals surface area contributed by atoms with E-state index in [4.69, 9.17) is 0 Å². The Kier molecular flexibility index (Phi) is 6.05. The van der Waals surface area contributed by atoms with Gasteiger partial charge in [-0.05, 0) is 48.8 Å². The Balaban J connectivity index is 1.35. The molecular weight excluding hydrogens is 348 g/mol. The van der Waals surface area contributed by atoms with E-state index in [1.165, 1.54) is 16.7 Å². The van der Waals surface area contributed by atoms with Gasteiger partial charge in [0.1, 0.15) is 0 Å². The maximum atomic E-state index is 12.7. The highest BCUT2D eigenvalue weighted by Crippen LogP contribution is 2.22. The molecule has 1 unspecified atom stereocenters. The Morgan fingerprint density at radius 2 is 1.93 bits per heavy atom. The molecule has 4 rings (SSSR count). The fourth-order valence-corrected chi connectivity index (χ4v) is 4.15. The molecule has 2 aromatic rings. The fraction of sp³-hybridized carbons (Fsp3) is 0.435. The van der Waals surface area contributed by atoms with E-state index in [-0.39, 0.29) is 11.9 Å². The summed E-state index contributed by atoms with van der Waals surface area (Å²) in [7, 11) is 2.17. The van der Waals surface area contributed by atoms with E-state index in [0.29, 0.717) is 6.54 Å². The van der Waals surface area contributed by atoms with Crippen LogP contribution in [0.2, 0.25) is 0 Å². The Bertz CT molecular complexity index is 814. The average Bonchev–Trinajstić information content (AvgIpc) is 2.74. The lowest BCUT2D eigenvalue weighted by Gasteiger charge is -2.32. The third-order valence-corrected chi connectivity index (χ3v) is 5.87. The minimum absolute atomic E-state index is 0.00471. The minimum atomic E-state index is 0.00471. The summed E-state index contributed by atoms with van der Waals surface area (Å²) in [6.07, 6.45) is 1.05. The number of likely N-dealkylation sites (N-methyl/N-ethyl adjacent to an activating group) is 1. The molecule has 2 aromatic carbocycles. The summed E-state index contributed by atoms with van der Waals surface area (Å²) in [6, 6.07) is 16.8. The Morgan fingerprint density at radius 1 is 1.11 bits per heavy atom. The quantitative estimate of drug-likeness (QED) is 0.836. The number of carbonyl (C=O) groups excluding carboxylic acids is 1. The Labute approximate surface area is 167 Å². The number of benzene rings is 2. The Morgan fingerprint density at radius 3 is 2.79 bits per heavy atom. The highest BCUT2D eigenvalue weighted by molar-refractivity contribution is 5.94. The zero-order valence-corrected chi connectivity index (χ0v) is 16.7. The molecule has 0 radical (unpaired) electrons. The SMILES string of the molecule is CN1CCN(Cc2cccc(C(=O)NCC3NCCc4ccccc43)c2)CC1. The number of carbonyl (C=O) groups is 1. The lowest BCUT2D eigenvalue weighted by molar-refractivity contribution is 0.0948. The van der Waals surface area contributed by atoms with Crippen molar-refractivity contribution in [2.75, 3.05) is 46.3 Å². The Hall–Kier alpha value is -2.21. The van der Waals surface area contributed by atoms with Crippen molar-refractivity contribution in [3.63, 3.8) is 0 Å². The molecule has 5 nitrogen and oxygen atoms in total. The second-order valence-corrected chi connectivity index (χ2v) is 7.95. The van der Waals surface area contributed by atoms with Crippen molar-refractivity contribution in [3.05, 3.63) is 70.8 Å². The molecule has 2 aliphatic rings. The van der Waals surface area contributed by atoms with Crippen molar-refractivity contribution in [2.45, 2.75) is 19.0 Å². The minimum Gasteiger partial charge on any atom is -0.350 e. The number of piperazine rings is 1. The third-order valence-electron chi connectivity index (χ3n) is 5.87. The first-order chi connectivity index (χ1) is 13.7. The number of nitrogens with zero attached hydrogens (tertiary/aromatic N) is 2. The number of hydrogen-bond donors (Lipinski definition) is 2. The van der Waals surface area contributed by atoms with E-state index in [1.807, 2.05) is 18.2 Å². The molecule has 148 valence electrons. The van der Waals surface area contributed by atoms with E-state index >= 15 is 0 Å². The van der Waals surface area contributed by atoms with Gasteiger partial charge in [-0.2, -0.15) is 0 Å². The van der Waals surface area contributed by atoms with Crippen LogP contribution in [0.4, 0.5) is 0 Å². The first-order valence-corrected chi connectivity index (χ1v) is 10.3. The maximum Gasteiger partial charge on any atom is 0.251 e. The number of fused-ring (bicyclic) bond motifs is 1. The van der Waals surface area contributed by atoms with Gasteiger partial charge in [0.25, 0.3) is 5.91 Å². The third kappa shape index (κ3) is 4.61. The van der Waals surface area contributed by atoms with Gasteiger partial charge in [-0.25, -0.2) is 0 Å². The van der Waals surface area contributed by atoms with Gasteiger partial charge in [0.2, 0.25) is 0 Å². The van der Waals surface area contributed by atoms with Crippen molar-refractivity contribution >= 4 is 5.91 Å². The zero-order chi connectivity index (χ0) is 19.3. The molecule has 0 bridgehead atoms. The predicted molar refractivity (Wildman–Crippen MR) is 112 cm³/mol. The lowest BCUT2D eigenvalue weighted by atomic mass is 9.94. The predicted octanol–water partition coefficient (Wildman–Crippen LogP) is 2.05. The molecule has 2 N–H and O–H groups in total. The number of nitrogens with one attached hydrogen (secondary N) is 2. The summed E-state index contributed by atoms with van der Waals surface area (Å²) >= 11 is 0. The monoisotopic (exact) mass is 378 g/mol. The standard InChI is InChI=1S/C23H30N4O/c1-26-11-13-27(14-12-26)17-18-5-4-7-20(15-18)23(28)25-16-22-21-8-3-2-6-19(21)9-10-24-22/h2-8,15,22,24H,9-14,16-17H2,1H3,(H,25,28). The number of hydrogen-bond acceptors (Lipinski definition) is 4. The first-order valence-electron chi connectivity index (χ1n) is 10.3. The molecule has 0 aromatic heterocycles. The molecule has 0 saturated carbocycles. The van der Waals surface area contributed by atoms with E-state index in [9.17, 15) is 4.79 Å². The van der Waals surface area contributed by atoms with E-state index in [2.05, 4.69) is 57.8 Å². The molecule has 1 saturated heterocycles. The van der Waals surface area contributed by atoms with Crippen LogP contribution in [0.15, 0.2) is 48.5 Å². The van der Waals surface area contributed by atoms with Crippen LogP contribution < -0.4 is 10.6 Å². The molecule has 0 spiro atoms. The second-order valence-electron chi connectivity index (χ2n) is 7.95. The van der Waals surface area contributed by atoms with Crippen molar-refractivity contribution in [3.8, 4) is 0 Å². The van der Waals surface area contributed by atoms with Crippen molar-refractivity contribution < 1.29 is 4.79 Å². The van der Waals surface area contributed by atoms with Crippen LogP contribution in [0.5, 0.6) is 0 Å². The van der Waals surface area contributed by atoms with Gasteiger partial charge >= 0.3 is 0 Å². The average molecular weight is 379 g/mol. The van der Waals surface area contributed by atoms with Crippen LogP contribution in [0, 0.1) is 0 Å². The summed E-state index contributed by atoms with van der Waals surface area (Å²) in [4.78, 5) is 17.5. The molecule has 28 heavy (non-hydrogen) atoms. The molecule has 1 atom stereocenters. The number of amides is 1. The fourth-order valence-electron chi connectivity index (χ4n) is 4.15. The topological polar surface area (TPSA) is 47.6 Å². The smallest absolute Gasteiger partial charge is 0.251 e. The maximum absolute atomic E-state index is 12.7. The molecule has 1 fully saturated rings. The molecular formula is C23H30N4O. The zero-order valence-electron chi connectivity index (χ0n) is 16.7. The van der Waals surface area contributed by atoms with E-state index in [0.717, 1.165) is 51.3 Å². The lowest BCUT2D eigenvalue weighted by Crippen LogP contribution is -2.43. The molecule has 2 heterocycles. The first kappa shape index (κ1) is 19.1. The molecule has 5 heteroatoms. The normalized spacial score (nSPS) is 20.5. The van der Waals surface area contributed by atoms with Gasteiger partial charge in [0.05, 0.1) is 0 Å². The van der Waals surface area contributed by atoms with Crippen LogP contribution >= 0.6 is 0 Å². The molecule has 1 amide bonds. The van der Waals surface area contributed by atoms with Crippen molar-refractivity contribution in [2.24, 2.45) is 0 Å². The highest BCUT2D eigenvalue weighted by Gasteiger charge is 2.20. The van der Waals surface area contributed by atoms with Crippen LogP contribution in [0.1, 0.15) is 33.1 Å². The summed E-state index contributed by atoms with van der Waals surface area (Å²) in [5.74, 6) is 0.00471. The van der Waals surface area contributed by atoms with Gasteiger partial charge in [-0.1, -0.05) is 36.4 Å². The van der Waals surface area contributed by atoms with Gasteiger partial charge in [-0.3, -0.25) is 9.69 Å². The van der Waals surface area contributed by atoms with Gasteiger partial charge < -0.3 is 15.5 Å². The van der Waals surface area contributed by atoms with Crippen LogP contribution in [0.3, 0.4) is 0 Å². The summed E-state index contributed by atoms with van der Waals surface area (Å²) in [6.45, 7) is 6.86. The highest BCUT2D eigenvalue weighted by atomic mass is 16.1. The van der Waals surface area contributed by atoms with Crippen molar-refractivity contribution in [1.82, 2.24) is 20.4 Å². The van der Waals surface area contributed by atoms with Crippen LogP contribution in [-0.4, -0.2) is 62.0 Å². The second kappa shape index (κ2) is 8.86. The summed E-state index contributed by atoms with van der Waals surface area (Å²) in [5, 5.41) is 6.65. The largest absolute Gasteiger partial charge is 0.350 e. The van der Waals surface area contributed by atoms with Gasteiger partial charge in [0, 0.05) is 50.9 Å². The van der Waals surface area contributed by atoms with Crippen LogP contribution in [-0.2, 0) is 13.0 Å². The molecule has 2 aliphatic heterocycles. The number of rotatable bonds is 5. The van der Waals surface area contributed by atoms with Gasteiger partial charge in [0.15, 0.2) is 0 Å². The van der Waals surface area contributed by atoms with Crippen LogP contribution in [0.25, 0.3) is 0 Å². The summed E-state index contributed by atoms with van der Waals surface area (Å²) < 4.78 is 0. The van der Waals surface area contributed by atoms with Gasteiger partial charge in [-0.15, -0.1) is 0 Å². The van der Waals surface area contributed by atoms with E-state index < -0.39 is 0 Å².